The molecule has 124 valence electrons. The Morgan fingerprint density at radius 3 is 3.08 bits per heavy atom. The van der Waals surface area contributed by atoms with Crippen LogP contribution in [0.15, 0.2) is 72.3 Å². The molecule has 3 N–H and O–H groups in total. The normalized spacial score (nSPS) is 19.2. The van der Waals surface area contributed by atoms with Crippen molar-refractivity contribution in [2.24, 2.45) is 0 Å². The second kappa shape index (κ2) is 5.90. The third-order valence-corrected chi connectivity index (χ3v) is 4.28. The van der Waals surface area contributed by atoms with Gasteiger partial charge in [0.1, 0.15) is 5.65 Å². The highest BCUT2D eigenvalue weighted by Crippen LogP contribution is 2.27. The Hall–Kier alpha value is -3.41. The van der Waals surface area contributed by atoms with Gasteiger partial charge in [0, 0.05) is 29.4 Å². The number of nitrogens with zero attached hydrogens (tertiary/aromatic N) is 2. The topological polar surface area (TPSA) is 86.5 Å². The van der Waals surface area contributed by atoms with E-state index in [2.05, 4.69) is 31.8 Å². The minimum Gasteiger partial charge on any atom is -0.345 e. The number of H-pyrrole nitrogens is 2. The quantitative estimate of drug-likeness (QED) is 0.641. The average molecular weight is 331 g/mol. The van der Waals surface area contributed by atoms with Crippen molar-refractivity contribution >= 4 is 17.0 Å². The molecule has 0 saturated carbocycles. The number of nitrogens with one attached hydrogen (secondary N) is 3. The molecule has 0 spiro atoms. The van der Waals surface area contributed by atoms with Crippen molar-refractivity contribution in [3.63, 3.8) is 0 Å². The number of fused-ring (bicyclic) bond motifs is 1. The third-order valence-electron chi connectivity index (χ3n) is 4.28. The molecule has 6 heteroatoms. The molecule has 0 unspecified atom stereocenters. The Kier molecular flexibility index (Phi) is 3.57. The summed E-state index contributed by atoms with van der Waals surface area (Å²) in [5, 5.41) is 4.21. The van der Waals surface area contributed by atoms with Gasteiger partial charge >= 0.3 is 0 Å². The lowest BCUT2D eigenvalue weighted by Gasteiger charge is -2.29. The van der Waals surface area contributed by atoms with Gasteiger partial charge in [-0.2, -0.15) is 0 Å². The van der Waals surface area contributed by atoms with Crippen LogP contribution in [0.5, 0.6) is 0 Å². The number of rotatable bonds is 4. The van der Waals surface area contributed by atoms with E-state index in [9.17, 15) is 4.79 Å². The van der Waals surface area contributed by atoms with Gasteiger partial charge < -0.3 is 10.3 Å². The Morgan fingerprint density at radius 1 is 1.36 bits per heavy atom. The maximum atomic E-state index is 12.2. The first-order chi connectivity index (χ1) is 12.2. The molecule has 0 aliphatic heterocycles. The zero-order valence-corrected chi connectivity index (χ0v) is 13.5. The van der Waals surface area contributed by atoms with Gasteiger partial charge in [0.05, 0.1) is 11.2 Å². The smallest absolute Gasteiger partial charge is 0.252 e. The molecule has 0 amide bonds. The molecule has 3 aromatic rings. The molecule has 3 heterocycles. The molecule has 0 fully saturated rings. The lowest BCUT2D eigenvalue weighted by molar-refractivity contribution is 0.705. The summed E-state index contributed by atoms with van der Waals surface area (Å²) in [6.07, 6.45) is 14.1. The summed E-state index contributed by atoms with van der Waals surface area (Å²) in [4.78, 5) is 26.9. The van der Waals surface area contributed by atoms with E-state index in [1.165, 1.54) is 6.07 Å². The Balaban J connectivity index is 1.77. The van der Waals surface area contributed by atoms with Gasteiger partial charge in [0.25, 0.3) is 5.56 Å². The standard InChI is InChI=1S/C19H17N5O/c1-2-19(8-4-3-5-9-19)24-18-22-15(11-16(25)23-18)14-12-21-17-13(14)7-6-10-20-17/h2-8,10-12H,1,9H2,(H,20,21)(H2,22,23,24,25)/t19-/m0/s1. The van der Waals surface area contributed by atoms with Crippen LogP contribution in [0.25, 0.3) is 22.3 Å². The van der Waals surface area contributed by atoms with Crippen molar-refractivity contribution in [3.8, 4) is 11.3 Å². The molecule has 0 bridgehead atoms. The summed E-state index contributed by atoms with van der Waals surface area (Å²) in [5.74, 6) is 0.403. The molecule has 3 aromatic heterocycles. The predicted molar refractivity (Wildman–Crippen MR) is 99.4 cm³/mol. The number of allylic oxidation sites excluding steroid dienone is 2. The lowest BCUT2D eigenvalue weighted by Crippen LogP contribution is -2.35. The number of hydrogen-bond acceptors (Lipinski definition) is 4. The van der Waals surface area contributed by atoms with Crippen molar-refractivity contribution in [2.75, 3.05) is 5.32 Å². The molecule has 6 nitrogen and oxygen atoms in total. The average Bonchev–Trinajstić information content (AvgIpc) is 3.06. The van der Waals surface area contributed by atoms with Crippen LogP contribution in [0.2, 0.25) is 0 Å². The Bertz CT molecular complexity index is 1060. The summed E-state index contributed by atoms with van der Waals surface area (Å²) in [7, 11) is 0. The van der Waals surface area contributed by atoms with Crippen LogP contribution in [0, 0.1) is 0 Å². The lowest BCUT2D eigenvalue weighted by atomic mass is 9.91. The fourth-order valence-corrected chi connectivity index (χ4v) is 2.98. The minimum atomic E-state index is -0.467. The number of aromatic nitrogens is 4. The van der Waals surface area contributed by atoms with E-state index >= 15 is 0 Å². The van der Waals surface area contributed by atoms with Gasteiger partial charge in [-0.1, -0.05) is 30.4 Å². The molecule has 1 aliphatic carbocycles. The SMILES string of the molecule is C=C[C@]1(Nc2nc(-c3c[nH]c4ncccc34)cc(=O)[nH]2)C=CC=CC1. The third kappa shape index (κ3) is 2.78. The number of hydrogen-bond donors (Lipinski definition) is 3. The summed E-state index contributed by atoms with van der Waals surface area (Å²) < 4.78 is 0. The highest BCUT2D eigenvalue weighted by Gasteiger charge is 2.24. The Labute approximate surface area is 144 Å². The number of pyridine rings is 1. The van der Waals surface area contributed by atoms with Gasteiger partial charge in [0.2, 0.25) is 5.95 Å². The zero-order chi connectivity index (χ0) is 17.3. The van der Waals surface area contributed by atoms with Crippen LogP contribution in [0.4, 0.5) is 5.95 Å². The van der Waals surface area contributed by atoms with E-state index < -0.39 is 5.54 Å². The first-order valence-electron chi connectivity index (χ1n) is 7.99. The van der Waals surface area contributed by atoms with E-state index in [1.807, 2.05) is 48.7 Å². The van der Waals surface area contributed by atoms with Crippen molar-refractivity contribution in [3.05, 3.63) is 77.9 Å². The van der Waals surface area contributed by atoms with Crippen LogP contribution >= 0.6 is 0 Å². The fourth-order valence-electron chi connectivity index (χ4n) is 2.98. The van der Waals surface area contributed by atoms with Gasteiger partial charge in [-0.15, -0.1) is 6.58 Å². The van der Waals surface area contributed by atoms with Gasteiger partial charge in [-0.05, 0) is 18.6 Å². The number of anilines is 1. The van der Waals surface area contributed by atoms with Crippen molar-refractivity contribution < 1.29 is 0 Å². The zero-order valence-electron chi connectivity index (χ0n) is 13.5. The molecule has 1 atom stereocenters. The highest BCUT2D eigenvalue weighted by atomic mass is 16.1. The van der Waals surface area contributed by atoms with E-state index in [-0.39, 0.29) is 5.56 Å². The monoisotopic (exact) mass is 331 g/mol. The summed E-state index contributed by atoms with van der Waals surface area (Å²) in [5.41, 5.74) is 1.49. The van der Waals surface area contributed by atoms with Gasteiger partial charge in [-0.25, -0.2) is 9.97 Å². The Morgan fingerprint density at radius 2 is 2.28 bits per heavy atom. The van der Waals surface area contributed by atoms with Crippen molar-refractivity contribution in [1.82, 2.24) is 19.9 Å². The van der Waals surface area contributed by atoms with E-state index in [1.54, 1.807) is 6.20 Å². The summed E-state index contributed by atoms with van der Waals surface area (Å²) in [6, 6.07) is 5.29. The molecule has 0 radical (unpaired) electrons. The second-order valence-corrected chi connectivity index (χ2v) is 5.94. The van der Waals surface area contributed by atoms with E-state index in [4.69, 9.17) is 0 Å². The molecule has 4 rings (SSSR count). The minimum absolute atomic E-state index is 0.222. The summed E-state index contributed by atoms with van der Waals surface area (Å²) >= 11 is 0. The molecule has 1 aliphatic rings. The molecule has 25 heavy (non-hydrogen) atoms. The van der Waals surface area contributed by atoms with Gasteiger partial charge in [-0.3, -0.25) is 9.78 Å². The molecular formula is C19H17N5O. The highest BCUT2D eigenvalue weighted by molar-refractivity contribution is 5.92. The largest absolute Gasteiger partial charge is 0.345 e. The van der Waals surface area contributed by atoms with Crippen LogP contribution in [0.1, 0.15) is 6.42 Å². The first-order valence-corrected chi connectivity index (χ1v) is 7.99. The van der Waals surface area contributed by atoms with E-state index in [0.717, 1.165) is 23.0 Å². The van der Waals surface area contributed by atoms with E-state index in [0.29, 0.717) is 11.6 Å². The predicted octanol–water partition coefficient (Wildman–Crippen LogP) is 3.17. The molecule has 0 aromatic carbocycles. The van der Waals surface area contributed by atoms with Crippen molar-refractivity contribution in [2.45, 2.75) is 12.0 Å². The van der Waals surface area contributed by atoms with Crippen LogP contribution in [-0.2, 0) is 0 Å². The first kappa shape index (κ1) is 15.1. The van der Waals surface area contributed by atoms with Crippen molar-refractivity contribution in [1.29, 1.82) is 0 Å². The number of aromatic amines is 2. The fraction of sp³-hybridized carbons (Fsp3) is 0.105. The maximum absolute atomic E-state index is 12.2. The molecular weight excluding hydrogens is 314 g/mol. The second-order valence-electron chi connectivity index (χ2n) is 5.94. The molecule has 0 saturated heterocycles. The summed E-state index contributed by atoms with van der Waals surface area (Å²) in [6.45, 7) is 3.91. The van der Waals surface area contributed by atoms with Crippen LogP contribution in [-0.4, -0.2) is 25.5 Å². The van der Waals surface area contributed by atoms with Crippen LogP contribution in [0.3, 0.4) is 0 Å². The maximum Gasteiger partial charge on any atom is 0.252 e. The van der Waals surface area contributed by atoms with Gasteiger partial charge in [0.15, 0.2) is 0 Å². The van der Waals surface area contributed by atoms with Crippen LogP contribution < -0.4 is 10.9 Å².